The van der Waals surface area contributed by atoms with Crippen molar-refractivity contribution in [3.63, 3.8) is 0 Å². The summed E-state index contributed by atoms with van der Waals surface area (Å²) >= 11 is 0. The van der Waals surface area contributed by atoms with Crippen molar-refractivity contribution in [2.24, 2.45) is 5.92 Å². The second-order valence-corrected chi connectivity index (χ2v) is 5.53. The van der Waals surface area contributed by atoms with Crippen LogP contribution in [0.15, 0.2) is 18.2 Å². The van der Waals surface area contributed by atoms with Gasteiger partial charge >= 0.3 is 0 Å². The number of rotatable bonds is 3. The zero-order valence-electron chi connectivity index (χ0n) is 11.1. The van der Waals surface area contributed by atoms with Crippen molar-refractivity contribution in [3.8, 4) is 0 Å². The van der Waals surface area contributed by atoms with Crippen molar-refractivity contribution in [3.05, 3.63) is 23.8 Å². The molecule has 0 bridgehead atoms. The Hall–Kier alpha value is -1.51. The number of nitrogens with one attached hydrogen (secondary N) is 1. The van der Waals surface area contributed by atoms with Gasteiger partial charge in [0.2, 0.25) is 5.91 Å². The molecular formula is C15H20N2O. The minimum atomic E-state index is 0.140. The van der Waals surface area contributed by atoms with Crippen LogP contribution in [0, 0.1) is 5.92 Å². The molecule has 1 atom stereocenters. The first-order valence-corrected chi connectivity index (χ1v) is 6.83. The molecule has 3 nitrogen and oxygen atoms in total. The molecule has 1 heterocycles. The summed E-state index contributed by atoms with van der Waals surface area (Å²) in [5, 5.41) is 3.57. The number of benzene rings is 1. The van der Waals surface area contributed by atoms with E-state index < -0.39 is 0 Å². The summed E-state index contributed by atoms with van der Waals surface area (Å²) in [7, 11) is 0. The highest BCUT2D eigenvalue weighted by molar-refractivity contribution is 5.94. The van der Waals surface area contributed by atoms with Crippen LogP contribution in [-0.4, -0.2) is 18.5 Å². The Labute approximate surface area is 108 Å². The zero-order chi connectivity index (χ0) is 12.7. The molecule has 0 radical (unpaired) electrons. The van der Waals surface area contributed by atoms with Crippen LogP contribution in [-0.2, 0) is 11.2 Å². The average Bonchev–Trinajstić information content (AvgIpc) is 3.09. The molecule has 1 aliphatic heterocycles. The fourth-order valence-electron chi connectivity index (χ4n) is 2.80. The van der Waals surface area contributed by atoms with Gasteiger partial charge < -0.3 is 10.2 Å². The van der Waals surface area contributed by atoms with Crippen LogP contribution in [0.1, 0.15) is 32.3 Å². The predicted molar refractivity (Wildman–Crippen MR) is 74.0 cm³/mol. The van der Waals surface area contributed by atoms with E-state index in [-0.39, 0.29) is 5.91 Å². The van der Waals surface area contributed by atoms with Gasteiger partial charge in [-0.15, -0.1) is 0 Å². The Kier molecular flexibility index (Phi) is 2.77. The monoisotopic (exact) mass is 244 g/mol. The summed E-state index contributed by atoms with van der Waals surface area (Å²) in [5.74, 6) is 0.993. The molecule has 1 amide bonds. The summed E-state index contributed by atoms with van der Waals surface area (Å²) in [6.45, 7) is 4.72. The number of carbonyl (C=O) groups excluding carboxylic acids is 1. The van der Waals surface area contributed by atoms with Crippen LogP contribution in [0.2, 0.25) is 0 Å². The topological polar surface area (TPSA) is 32.3 Å². The first kappa shape index (κ1) is 11.6. The molecule has 0 aromatic heterocycles. The second-order valence-electron chi connectivity index (χ2n) is 5.53. The third-order valence-electron chi connectivity index (χ3n) is 4.08. The standard InChI is InChI=1S/C15H20N2O/c1-10(12-3-4-12)16-14-5-6-15-13(9-14)7-8-17(15)11(2)18/h5-6,9-10,12,16H,3-4,7-8H2,1-2H3. The smallest absolute Gasteiger partial charge is 0.223 e. The second kappa shape index (κ2) is 4.30. The lowest BCUT2D eigenvalue weighted by Gasteiger charge is -2.17. The van der Waals surface area contributed by atoms with Crippen LogP contribution in [0.4, 0.5) is 11.4 Å². The molecule has 3 rings (SSSR count). The molecular weight excluding hydrogens is 224 g/mol. The molecule has 1 saturated carbocycles. The molecule has 1 fully saturated rings. The lowest BCUT2D eigenvalue weighted by Crippen LogP contribution is -2.25. The van der Waals surface area contributed by atoms with Crippen molar-refractivity contribution in [2.45, 2.75) is 39.2 Å². The molecule has 1 aliphatic carbocycles. The first-order chi connectivity index (χ1) is 8.65. The highest BCUT2D eigenvalue weighted by Gasteiger charge is 2.28. The van der Waals surface area contributed by atoms with E-state index in [9.17, 15) is 4.79 Å². The highest BCUT2D eigenvalue weighted by Crippen LogP contribution is 2.35. The minimum absolute atomic E-state index is 0.140. The van der Waals surface area contributed by atoms with E-state index in [1.807, 2.05) is 4.90 Å². The summed E-state index contributed by atoms with van der Waals surface area (Å²) in [5.41, 5.74) is 3.57. The normalized spacial score (nSPS) is 19.6. The molecule has 1 unspecified atom stereocenters. The van der Waals surface area contributed by atoms with Gasteiger partial charge in [-0.25, -0.2) is 0 Å². The number of hydrogen-bond acceptors (Lipinski definition) is 2. The maximum Gasteiger partial charge on any atom is 0.223 e. The van der Waals surface area contributed by atoms with Gasteiger partial charge in [0.25, 0.3) is 0 Å². The Morgan fingerprint density at radius 1 is 1.44 bits per heavy atom. The number of nitrogens with zero attached hydrogens (tertiary/aromatic N) is 1. The van der Waals surface area contributed by atoms with E-state index in [2.05, 4.69) is 30.4 Å². The Balaban J connectivity index is 1.77. The number of fused-ring (bicyclic) bond motifs is 1. The van der Waals surface area contributed by atoms with Gasteiger partial charge in [0, 0.05) is 30.9 Å². The van der Waals surface area contributed by atoms with Gasteiger partial charge in [-0.2, -0.15) is 0 Å². The van der Waals surface area contributed by atoms with Crippen molar-refractivity contribution in [2.75, 3.05) is 16.8 Å². The summed E-state index contributed by atoms with van der Waals surface area (Å²) in [4.78, 5) is 13.3. The number of anilines is 2. The van der Waals surface area contributed by atoms with E-state index in [1.54, 1.807) is 6.92 Å². The molecule has 3 heteroatoms. The molecule has 1 N–H and O–H groups in total. The highest BCUT2D eigenvalue weighted by atomic mass is 16.2. The molecule has 0 saturated heterocycles. The van der Waals surface area contributed by atoms with Gasteiger partial charge in [0.05, 0.1) is 0 Å². The molecule has 0 spiro atoms. The summed E-state index contributed by atoms with van der Waals surface area (Å²) in [6.07, 6.45) is 3.69. The molecule has 1 aromatic carbocycles. The Morgan fingerprint density at radius 2 is 2.22 bits per heavy atom. The van der Waals surface area contributed by atoms with E-state index in [0.717, 1.165) is 24.6 Å². The first-order valence-electron chi connectivity index (χ1n) is 6.83. The lowest BCUT2D eigenvalue weighted by atomic mass is 10.1. The fourth-order valence-corrected chi connectivity index (χ4v) is 2.80. The third-order valence-corrected chi connectivity index (χ3v) is 4.08. The van der Waals surface area contributed by atoms with Crippen molar-refractivity contribution in [1.29, 1.82) is 0 Å². The molecule has 2 aliphatic rings. The van der Waals surface area contributed by atoms with E-state index in [0.29, 0.717) is 6.04 Å². The molecule has 18 heavy (non-hydrogen) atoms. The average molecular weight is 244 g/mol. The largest absolute Gasteiger partial charge is 0.382 e. The SMILES string of the molecule is CC(=O)N1CCc2cc(NC(C)C3CC3)ccc21. The van der Waals surface area contributed by atoms with Crippen molar-refractivity contribution in [1.82, 2.24) is 0 Å². The number of hydrogen-bond donors (Lipinski definition) is 1. The fraction of sp³-hybridized carbons (Fsp3) is 0.533. The van der Waals surface area contributed by atoms with E-state index in [1.165, 1.54) is 24.1 Å². The maximum absolute atomic E-state index is 11.5. The zero-order valence-corrected chi connectivity index (χ0v) is 11.1. The number of amides is 1. The van der Waals surface area contributed by atoms with Crippen LogP contribution in [0.25, 0.3) is 0 Å². The van der Waals surface area contributed by atoms with Gasteiger partial charge in [-0.3, -0.25) is 4.79 Å². The predicted octanol–water partition coefficient (Wildman–Crippen LogP) is 2.81. The van der Waals surface area contributed by atoms with E-state index in [4.69, 9.17) is 0 Å². The van der Waals surface area contributed by atoms with Crippen LogP contribution in [0.3, 0.4) is 0 Å². The third kappa shape index (κ3) is 2.09. The van der Waals surface area contributed by atoms with E-state index >= 15 is 0 Å². The van der Waals surface area contributed by atoms with Gasteiger partial charge in [0.15, 0.2) is 0 Å². The molecule has 1 aromatic rings. The minimum Gasteiger partial charge on any atom is -0.382 e. The van der Waals surface area contributed by atoms with Crippen LogP contribution >= 0.6 is 0 Å². The van der Waals surface area contributed by atoms with Gasteiger partial charge in [-0.05, 0) is 55.9 Å². The maximum atomic E-state index is 11.5. The van der Waals surface area contributed by atoms with Crippen molar-refractivity contribution >= 4 is 17.3 Å². The Bertz CT molecular complexity index is 479. The van der Waals surface area contributed by atoms with Gasteiger partial charge in [-0.1, -0.05) is 0 Å². The van der Waals surface area contributed by atoms with Crippen molar-refractivity contribution < 1.29 is 4.79 Å². The summed E-state index contributed by atoms with van der Waals surface area (Å²) < 4.78 is 0. The quantitative estimate of drug-likeness (QED) is 0.886. The van der Waals surface area contributed by atoms with Crippen LogP contribution < -0.4 is 10.2 Å². The summed E-state index contributed by atoms with van der Waals surface area (Å²) in [6, 6.07) is 6.94. The molecule has 96 valence electrons. The lowest BCUT2D eigenvalue weighted by molar-refractivity contribution is -0.116. The van der Waals surface area contributed by atoms with Gasteiger partial charge in [0.1, 0.15) is 0 Å². The van der Waals surface area contributed by atoms with Crippen LogP contribution in [0.5, 0.6) is 0 Å². The number of carbonyl (C=O) groups is 1. The Morgan fingerprint density at radius 3 is 2.89 bits per heavy atom.